The van der Waals surface area contributed by atoms with Gasteiger partial charge in [-0.15, -0.1) is 0 Å². The number of likely N-dealkylation sites (tertiary alicyclic amines) is 1. The molecule has 2 N–H and O–H groups in total. The number of hydrogen-bond donors (Lipinski definition) is 2. The molecule has 0 bridgehead atoms. The first-order valence-electron chi connectivity index (χ1n) is 9.15. The van der Waals surface area contributed by atoms with Gasteiger partial charge >= 0.3 is 0 Å². The summed E-state index contributed by atoms with van der Waals surface area (Å²) in [5, 5.41) is 11.0. The number of carbonyl (C=O) groups excluding carboxylic acids is 1. The smallest absolute Gasteiger partial charge is 0.225 e. The van der Waals surface area contributed by atoms with E-state index in [2.05, 4.69) is 27.3 Å². The second kappa shape index (κ2) is 6.23. The molecular weight excluding hydrogens is 290 g/mol. The molecule has 1 unspecified atom stereocenters. The number of aromatic amines is 1. The Labute approximate surface area is 137 Å². The average molecular weight is 317 g/mol. The minimum Gasteiger partial charge on any atom is -0.342 e. The summed E-state index contributed by atoms with van der Waals surface area (Å²) in [6.07, 6.45) is 6.55. The topological polar surface area (TPSA) is 73.9 Å². The van der Waals surface area contributed by atoms with Gasteiger partial charge in [-0.05, 0) is 52.0 Å². The summed E-state index contributed by atoms with van der Waals surface area (Å²) < 4.78 is 0. The van der Waals surface area contributed by atoms with Gasteiger partial charge < -0.3 is 10.2 Å². The predicted molar refractivity (Wildman–Crippen MR) is 87.1 cm³/mol. The zero-order chi connectivity index (χ0) is 15.8. The van der Waals surface area contributed by atoms with Crippen molar-refractivity contribution in [2.45, 2.75) is 63.3 Å². The van der Waals surface area contributed by atoms with E-state index in [1.807, 2.05) is 0 Å². The molecule has 2 aliphatic heterocycles. The van der Waals surface area contributed by atoms with Gasteiger partial charge in [-0.25, -0.2) is 4.98 Å². The van der Waals surface area contributed by atoms with Crippen molar-refractivity contribution in [2.24, 2.45) is 5.92 Å². The highest BCUT2D eigenvalue weighted by Gasteiger charge is 2.34. The summed E-state index contributed by atoms with van der Waals surface area (Å²) in [5.41, 5.74) is 0. The molecule has 0 aromatic carbocycles. The van der Waals surface area contributed by atoms with Gasteiger partial charge in [-0.3, -0.25) is 9.89 Å². The van der Waals surface area contributed by atoms with Crippen LogP contribution in [0.4, 0.5) is 0 Å². The van der Waals surface area contributed by atoms with Crippen LogP contribution < -0.4 is 5.32 Å². The lowest BCUT2D eigenvalue weighted by Crippen LogP contribution is -2.47. The number of piperidine rings is 2. The second-order valence-electron chi connectivity index (χ2n) is 7.55. The molecule has 1 amide bonds. The molecule has 0 spiro atoms. The van der Waals surface area contributed by atoms with E-state index in [0.717, 1.165) is 57.0 Å². The zero-order valence-electron chi connectivity index (χ0n) is 13.9. The van der Waals surface area contributed by atoms with E-state index in [0.29, 0.717) is 23.8 Å². The third kappa shape index (κ3) is 3.27. The van der Waals surface area contributed by atoms with Gasteiger partial charge in [0.05, 0.1) is 0 Å². The SMILES string of the molecule is C[C@H]1C[C@@H](C(=O)N2CCCC(c3n[nH]c(C4CC4)n3)C2)CCN1. The van der Waals surface area contributed by atoms with Crippen molar-refractivity contribution in [1.82, 2.24) is 25.4 Å². The van der Waals surface area contributed by atoms with E-state index in [4.69, 9.17) is 4.98 Å². The predicted octanol–water partition coefficient (Wildman–Crippen LogP) is 1.78. The monoisotopic (exact) mass is 317 g/mol. The van der Waals surface area contributed by atoms with Crippen molar-refractivity contribution < 1.29 is 4.79 Å². The molecule has 4 rings (SSSR count). The highest BCUT2D eigenvalue weighted by molar-refractivity contribution is 5.79. The number of rotatable bonds is 3. The molecule has 0 radical (unpaired) electrons. The lowest BCUT2D eigenvalue weighted by Gasteiger charge is -2.36. The van der Waals surface area contributed by atoms with Crippen molar-refractivity contribution >= 4 is 5.91 Å². The summed E-state index contributed by atoms with van der Waals surface area (Å²) in [7, 11) is 0. The standard InChI is InChI=1S/C17H27N5O/c1-11-9-13(6-7-18-11)17(23)22-8-2-3-14(10-22)16-19-15(20-21-16)12-4-5-12/h11-14,18H,2-10H2,1H3,(H,19,20,21)/t11-,13-,14?/m0/s1. The molecular formula is C17H27N5O. The summed E-state index contributed by atoms with van der Waals surface area (Å²) >= 11 is 0. The zero-order valence-corrected chi connectivity index (χ0v) is 13.9. The van der Waals surface area contributed by atoms with E-state index in [1.165, 1.54) is 12.8 Å². The number of nitrogens with zero attached hydrogens (tertiary/aromatic N) is 3. The first kappa shape index (κ1) is 15.1. The maximum absolute atomic E-state index is 12.8. The van der Waals surface area contributed by atoms with E-state index in [1.54, 1.807) is 0 Å². The molecule has 1 aliphatic carbocycles. The van der Waals surface area contributed by atoms with Gasteiger partial charge in [0, 0.05) is 36.9 Å². The van der Waals surface area contributed by atoms with Crippen molar-refractivity contribution in [3.8, 4) is 0 Å². The summed E-state index contributed by atoms with van der Waals surface area (Å²) in [6, 6.07) is 0.451. The van der Waals surface area contributed by atoms with E-state index >= 15 is 0 Å². The molecule has 126 valence electrons. The highest BCUT2D eigenvalue weighted by Crippen LogP contribution is 2.38. The van der Waals surface area contributed by atoms with Crippen LogP contribution in [0.3, 0.4) is 0 Å². The van der Waals surface area contributed by atoms with Gasteiger partial charge in [0.1, 0.15) is 5.82 Å². The van der Waals surface area contributed by atoms with Crippen LogP contribution in [-0.2, 0) is 4.79 Å². The summed E-state index contributed by atoms with van der Waals surface area (Å²) in [6.45, 7) is 4.82. The molecule has 23 heavy (non-hydrogen) atoms. The Morgan fingerprint density at radius 3 is 2.87 bits per heavy atom. The number of nitrogens with one attached hydrogen (secondary N) is 2. The Balaban J connectivity index is 1.40. The highest BCUT2D eigenvalue weighted by atomic mass is 16.2. The molecule has 3 atom stereocenters. The van der Waals surface area contributed by atoms with E-state index in [-0.39, 0.29) is 5.92 Å². The average Bonchev–Trinajstić information content (AvgIpc) is 3.31. The lowest BCUT2D eigenvalue weighted by molar-refractivity contribution is -0.138. The molecule has 6 heteroatoms. The normalized spacial score (nSPS) is 32.0. The maximum atomic E-state index is 12.8. The van der Waals surface area contributed by atoms with Gasteiger partial charge in [-0.1, -0.05) is 0 Å². The van der Waals surface area contributed by atoms with E-state index < -0.39 is 0 Å². The van der Waals surface area contributed by atoms with Crippen molar-refractivity contribution in [3.63, 3.8) is 0 Å². The lowest BCUT2D eigenvalue weighted by atomic mass is 9.90. The molecule has 3 aliphatic rings. The maximum Gasteiger partial charge on any atom is 0.225 e. The van der Waals surface area contributed by atoms with E-state index in [9.17, 15) is 4.79 Å². The molecule has 2 saturated heterocycles. The first-order chi connectivity index (χ1) is 11.2. The fourth-order valence-electron chi connectivity index (χ4n) is 4.01. The fourth-order valence-corrected chi connectivity index (χ4v) is 4.01. The van der Waals surface area contributed by atoms with Crippen LogP contribution in [-0.4, -0.2) is 51.7 Å². The van der Waals surface area contributed by atoms with Crippen molar-refractivity contribution in [3.05, 3.63) is 11.6 Å². The minimum atomic E-state index is 0.194. The third-order valence-electron chi connectivity index (χ3n) is 5.56. The largest absolute Gasteiger partial charge is 0.342 e. The van der Waals surface area contributed by atoms with Crippen LogP contribution in [0.5, 0.6) is 0 Å². The summed E-state index contributed by atoms with van der Waals surface area (Å²) in [5.74, 6) is 3.42. The molecule has 1 aromatic heterocycles. The van der Waals surface area contributed by atoms with Crippen LogP contribution >= 0.6 is 0 Å². The third-order valence-corrected chi connectivity index (χ3v) is 5.56. The number of hydrogen-bond acceptors (Lipinski definition) is 4. The Bertz CT molecular complexity index is 567. The van der Waals surface area contributed by atoms with Gasteiger partial charge in [0.25, 0.3) is 0 Å². The van der Waals surface area contributed by atoms with Crippen LogP contribution in [0, 0.1) is 5.92 Å². The minimum absolute atomic E-state index is 0.194. The molecule has 3 heterocycles. The molecule has 3 fully saturated rings. The van der Waals surface area contributed by atoms with Crippen LogP contribution in [0.25, 0.3) is 0 Å². The van der Waals surface area contributed by atoms with Crippen LogP contribution in [0.1, 0.15) is 68.9 Å². The van der Waals surface area contributed by atoms with Gasteiger partial charge in [0.15, 0.2) is 5.82 Å². The van der Waals surface area contributed by atoms with Crippen LogP contribution in [0.2, 0.25) is 0 Å². The second-order valence-corrected chi connectivity index (χ2v) is 7.55. The fraction of sp³-hybridized carbons (Fsp3) is 0.824. The summed E-state index contributed by atoms with van der Waals surface area (Å²) in [4.78, 5) is 19.6. The molecule has 1 saturated carbocycles. The molecule has 1 aromatic rings. The Morgan fingerprint density at radius 2 is 2.09 bits per heavy atom. The van der Waals surface area contributed by atoms with Crippen molar-refractivity contribution in [2.75, 3.05) is 19.6 Å². The Morgan fingerprint density at radius 1 is 1.22 bits per heavy atom. The van der Waals surface area contributed by atoms with Gasteiger partial charge in [0.2, 0.25) is 5.91 Å². The Hall–Kier alpha value is -1.43. The van der Waals surface area contributed by atoms with Gasteiger partial charge in [-0.2, -0.15) is 5.10 Å². The first-order valence-corrected chi connectivity index (χ1v) is 9.15. The van der Waals surface area contributed by atoms with Crippen molar-refractivity contribution in [1.29, 1.82) is 0 Å². The number of carbonyl (C=O) groups is 1. The number of aromatic nitrogens is 3. The Kier molecular flexibility index (Phi) is 4.09. The quantitative estimate of drug-likeness (QED) is 0.891. The van der Waals surface area contributed by atoms with Crippen LogP contribution in [0.15, 0.2) is 0 Å². The molecule has 6 nitrogen and oxygen atoms in total. The number of H-pyrrole nitrogens is 1. The number of amides is 1.